The van der Waals surface area contributed by atoms with E-state index in [0.29, 0.717) is 5.56 Å². The smallest absolute Gasteiger partial charge is 0.242 e. The molecular weight excluding hydrogens is 382 g/mol. The molecule has 1 saturated heterocycles. The molecule has 1 aromatic heterocycles. The fourth-order valence-corrected chi connectivity index (χ4v) is 4.95. The van der Waals surface area contributed by atoms with Gasteiger partial charge in [0.15, 0.2) is 5.78 Å². The van der Waals surface area contributed by atoms with Crippen LogP contribution in [0, 0.1) is 6.92 Å². The van der Waals surface area contributed by atoms with E-state index in [1.807, 2.05) is 6.92 Å². The molecule has 0 aliphatic carbocycles. The molecule has 0 bridgehead atoms. The highest BCUT2D eigenvalue weighted by molar-refractivity contribution is 7.89. The van der Waals surface area contributed by atoms with Crippen LogP contribution >= 0.6 is 11.3 Å². The van der Waals surface area contributed by atoms with Crippen LogP contribution in [0.1, 0.15) is 39.5 Å². The average molecular weight is 408 g/mol. The first-order chi connectivity index (χ1) is 12.8. The zero-order chi connectivity index (χ0) is 19.6. The summed E-state index contributed by atoms with van der Waals surface area (Å²) in [7, 11) is -0.612. The molecule has 0 N–H and O–H groups in total. The molecule has 27 heavy (non-hydrogen) atoms. The molecule has 0 amide bonds. The van der Waals surface area contributed by atoms with Gasteiger partial charge in [0.25, 0.3) is 0 Å². The van der Waals surface area contributed by atoms with Gasteiger partial charge in [-0.3, -0.25) is 4.79 Å². The highest BCUT2D eigenvalue weighted by Gasteiger charge is 2.24. The van der Waals surface area contributed by atoms with Gasteiger partial charge in [0, 0.05) is 49.5 Å². The normalized spacial score (nSPS) is 15.3. The minimum atomic E-state index is -3.60. The molecule has 0 saturated carbocycles. The Balaban J connectivity index is 2.01. The van der Waals surface area contributed by atoms with Crippen LogP contribution in [-0.4, -0.2) is 50.7 Å². The van der Waals surface area contributed by atoms with Crippen molar-refractivity contribution in [2.75, 3.05) is 32.1 Å². The van der Waals surface area contributed by atoms with Crippen LogP contribution in [0.3, 0.4) is 0 Å². The zero-order valence-electron chi connectivity index (χ0n) is 15.9. The fourth-order valence-electron chi connectivity index (χ4n) is 3.24. The summed E-state index contributed by atoms with van der Waals surface area (Å²) < 4.78 is 26.3. The maximum absolute atomic E-state index is 13.1. The number of aryl methyl sites for hydroxylation is 1. The number of piperidine rings is 1. The third-order valence-corrected chi connectivity index (χ3v) is 7.45. The SMILES string of the molecule is Cc1cnc(CC(=O)c2cc(S(=O)(=O)N(C)C)ccc2N2CCCCC2)s1. The third kappa shape index (κ3) is 4.39. The Kier molecular flexibility index (Phi) is 5.98. The van der Waals surface area contributed by atoms with E-state index in [0.717, 1.165) is 41.5 Å². The number of hydrogen-bond acceptors (Lipinski definition) is 6. The van der Waals surface area contributed by atoms with Crippen LogP contribution in [0.5, 0.6) is 0 Å². The largest absolute Gasteiger partial charge is 0.371 e. The predicted octanol–water partition coefficient (Wildman–Crippen LogP) is 3.12. The second-order valence-electron chi connectivity index (χ2n) is 6.98. The standard InChI is InChI=1S/C19H25N3O3S2/c1-14-13-20-19(26-14)12-18(23)16-11-15(27(24,25)21(2)3)7-8-17(16)22-9-5-4-6-10-22/h7-8,11,13H,4-6,9-10,12H2,1-3H3. The Labute approximate surface area is 164 Å². The van der Waals surface area contributed by atoms with Crippen LogP contribution in [0.4, 0.5) is 5.69 Å². The number of rotatable bonds is 6. The zero-order valence-corrected chi connectivity index (χ0v) is 17.6. The van der Waals surface area contributed by atoms with Crippen LogP contribution in [-0.2, 0) is 16.4 Å². The molecule has 8 heteroatoms. The molecule has 3 rings (SSSR count). The molecule has 1 aliphatic rings. The highest BCUT2D eigenvalue weighted by atomic mass is 32.2. The van der Waals surface area contributed by atoms with E-state index in [-0.39, 0.29) is 17.1 Å². The maximum Gasteiger partial charge on any atom is 0.242 e. The number of anilines is 1. The van der Waals surface area contributed by atoms with E-state index in [2.05, 4.69) is 9.88 Å². The van der Waals surface area contributed by atoms with Crippen molar-refractivity contribution in [1.29, 1.82) is 0 Å². The number of aromatic nitrogens is 1. The van der Waals surface area contributed by atoms with Crippen molar-refractivity contribution in [3.63, 3.8) is 0 Å². The molecule has 0 atom stereocenters. The van der Waals surface area contributed by atoms with Gasteiger partial charge in [0.2, 0.25) is 10.0 Å². The van der Waals surface area contributed by atoms with Crippen molar-refractivity contribution >= 4 is 32.8 Å². The van der Waals surface area contributed by atoms with Gasteiger partial charge < -0.3 is 4.90 Å². The van der Waals surface area contributed by atoms with E-state index in [1.54, 1.807) is 18.3 Å². The summed E-state index contributed by atoms with van der Waals surface area (Å²) >= 11 is 1.49. The third-order valence-electron chi connectivity index (χ3n) is 4.72. The van der Waals surface area contributed by atoms with Gasteiger partial charge in [-0.15, -0.1) is 11.3 Å². The number of carbonyl (C=O) groups is 1. The molecule has 1 aliphatic heterocycles. The van der Waals surface area contributed by atoms with Crippen LogP contribution in [0.25, 0.3) is 0 Å². The van der Waals surface area contributed by atoms with Gasteiger partial charge in [-0.25, -0.2) is 17.7 Å². The van der Waals surface area contributed by atoms with Crippen LogP contribution in [0.15, 0.2) is 29.3 Å². The maximum atomic E-state index is 13.1. The van der Waals surface area contributed by atoms with Crippen LogP contribution < -0.4 is 4.90 Å². The topological polar surface area (TPSA) is 70.6 Å². The lowest BCUT2D eigenvalue weighted by Gasteiger charge is -2.30. The first-order valence-electron chi connectivity index (χ1n) is 9.05. The number of hydrogen-bond donors (Lipinski definition) is 0. The molecule has 2 heterocycles. The number of thiazole rings is 1. The van der Waals surface area contributed by atoms with Crippen molar-refractivity contribution < 1.29 is 13.2 Å². The monoisotopic (exact) mass is 407 g/mol. The molecular formula is C19H25N3O3S2. The molecule has 2 aromatic rings. The fraction of sp³-hybridized carbons (Fsp3) is 0.474. The minimum absolute atomic E-state index is 0.0965. The number of carbonyl (C=O) groups excluding carboxylic acids is 1. The van der Waals surface area contributed by atoms with E-state index < -0.39 is 10.0 Å². The molecule has 0 spiro atoms. The van der Waals surface area contributed by atoms with E-state index in [9.17, 15) is 13.2 Å². The Morgan fingerprint density at radius 2 is 1.93 bits per heavy atom. The summed E-state index contributed by atoms with van der Waals surface area (Å²) in [6, 6.07) is 4.91. The lowest BCUT2D eigenvalue weighted by molar-refractivity contribution is 0.0993. The average Bonchev–Trinajstić information content (AvgIpc) is 3.06. The minimum Gasteiger partial charge on any atom is -0.371 e. The molecule has 6 nitrogen and oxygen atoms in total. The number of Topliss-reactive ketones (excluding diaryl/α,β-unsaturated/α-hetero) is 1. The summed E-state index contributed by atoms with van der Waals surface area (Å²) in [5.74, 6) is -0.0965. The number of nitrogens with zero attached hydrogens (tertiary/aromatic N) is 3. The molecule has 0 unspecified atom stereocenters. The number of ketones is 1. The summed E-state index contributed by atoms with van der Waals surface area (Å²) in [5.41, 5.74) is 1.29. The Morgan fingerprint density at radius 1 is 1.22 bits per heavy atom. The highest BCUT2D eigenvalue weighted by Crippen LogP contribution is 2.29. The van der Waals surface area contributed by atoms with Crippen molar-refractivity contribution in [1.82, 2.24) is 9.29 Å². The predicted molar refractivity (Wildman–Crippen MR) is 108 cm³/mol. The molecule has 1 aromatic carbocycles. The lowest BCUT2D eigenvalue weighted by Crippen LogP contribution is -2.31. The van der Waals surface area contributed by atoms with Gasteiger partial charge in [-0.1, -0.05) is 0 Å². The van der Waals surface area contributed by atoms with Crippen molar-refractivity contribution in [2.45, 2.75) is 37.5 Å². The summed E-state index contributed by atoms with van der Waals surface area (Å²) in [6.45, 7) is 3.72. The second kappa shape index (κ2) is 8.08. The quantitative estimate of drug-likeness (QED) is 0.688. The van der Waals surface area contributed by atoms with Gasteiger partial charge in [-0.05, 0) is 44.4 Å². The van der Waals surface area contributed by atoms with Gasteiger partial charge in [0.05, 0.1) is 11.3 Å². The summed E-state index contributed by atoms with van der Waals surface area (Å²) in [5, 5.41) is 0.753. The summed E-state index contributed by atoms with van der Waals surface area (Å²) in [6.07, 6.45) is 5.29. The van der Waals surface area contributed by atoms with Gasteiger partial charge in [0.1, 0.15) is 5.01 Å². The lowest BCUT2D eigenvalue weighted by atomic mass is 10.0. The number of benzene rings is 1. The number of sulfonamides is 1. The Morgan fingerprint density at radius 3 is 2.52 bits per heavy atom. The first kappa shape index (κ1) is 20.0. The van der Waals surface area contributed by atoms with Gasteiger partial charge >= 0.3 is 0 Å². The van der Waals surface area contributed by atoms with E-state index in [1.165, 1.54) is 42.2 Å². The first-order valence-corrected chi connectivity index (χ1v) is 11.3. The Hall–Kier alpha value is -1.77. The van der Waals surface area contributed by atoms with E-state index >= 15 is 0 Å². The molecule has 1 fully saturated rings. The van der Waals surface area contributed by atoms with Crippen molar-refractivity contribution in [2.24, 2.45) is 0 Å². The van der Waals surface area contributed by atoms with Crippen LogP contribution in [0.2, 0.25) is 0 Å². The van der Waals surface area contributed by atoms with E-state index in [4.69, 9.17) is 0 Å². The Bertz CT molecular complexity index is 929. The van der Waals surface area contributed by atoms with Crippen molar-refractivity contribution in [3.05, 3.63) is 39.8 Å². The second-order valence-corrected chi connectivity index (χ2v) is 10.4. The van der Waals surface area contributed by atoms with Crippen molar-refractivity contribution in [3.8, 4) is 0 Å². The molecule has 146 valence electrons. The van der Waals surface area contributed by atoms with Gasteiger partial charge in [-0.2, -0.15) is 0 Å². The molecule has 0 radical (unpaired) electrons. The summed E-state index contributed by atoms with van der Waals surface area (Å²) in [4.78, 5) is 20.7.